The molecule has 7 aromatic carbocycles. The van der Waals surface area contributed by atoms with Gasteiger partial charge >= 0.3 is 0 Å². The maximum absolute atomic E-state index is 5.32. The fourth-order valence-corrected chi connectivity index (χ4v) is 8.13. The molecule has 0 N–H and O–H groups in total. The van der Waals surface area contributed by atoms with Gasteiger partial charge in [-0.05, 0) is 80.9 Å². The zero-order valence-electron chi connectivity index (χ0n) is 29.1. The highest BCUT2D eigenvalue weighted by atomic mass is 15.2. The Hall–Kier alpha value is -6.58. The summed E-state index contributed by atoms with van der Waals surface area (Å²) >= 11 is 0. The van der Waals surface area contributed by atoms with Crippen molar-refractivity contribution in [3.05, 3.63) is 187 Å². The zero-order valence-corrected chi connectivity index (χ0v) is 29.1. The molecule has 3 heteroatoms. The molecule has 10 rings (SSSR count). The molecular formula is C49H35N3. The fourth-order valence-electron chi connectivity index (χ4n) is 8.13. The molecular weight excluding hydrogens is 631 g/mol. The van der Waals surface area contributed by atoms with Crippen molar-refractivity contribution < 1.29 is 0 Å². The van der Waals surface area contributed by atoms with Crippen LogP contribution >= 0.6 is 0 Å². The van der Waals surface area contributed by atoms with Crippen LogP contribution in [0.25, 0.3) is 83.6 Å². The Kier molecular flexibility index (Phi) is 6.84. The Morgan fingerprint density at radius 3 is 1.44 bits per heavy atom. The maximum Gasteiger partial charge on any atom is 0.235 e. The van der Waals surface area contributed by atoms with Gasteiger partial charge in [-0.2, -0.15) is 0 Å². The monoisotopic (exact) mass is 665 g/mol. The van der Waals surface area contributed by atoms with Crippen LogP contribution in [0.3, 0.4) is 0 Å². The number of benzene rings is 7. The van der Waals surface area contributed by atoms with Gasteiger partial charge in [0.05, 0.1) is 22.4 Å². The largest absolute Gasteiger partial charge is 0.278 e. The summed E-state index contributed by atoms with van der Waals surface area (Å²) in [5.74, 6) is 0.657. The van der Waals surface area contributed by atoms with Crippen molar-refractivity contribution in [2.75, 3.05) is 0 Å². The molecule has 0 radical (unpaired) electrons. The van der Waals surface area contributed by atoms with Crippen LogP contribution in [0.5, 0.6) is 0 Å². The highest BCUT2D eigenvalue weighted by Crippen LogP contribution is 2.52. The number of hydrogen-bond acceptors (Lipinski definition) is 2. The number of fused-ring (bicyclic) bond motifs is 6. The second-order valence-corrected chi connectivity index (χ2v) is 14.3. The fraction of sp³-hybridized carbons (Fsp3) is 0.0612. The number of aromatic nitrogens is 3. The zero-order chi connectivity index (χ0) is 34.8. The number of hydrogen-bond donors (Lipinski definition) is 0. The van der Waals surface area contributed by atoms with Crippen LogP contribution in [-0.2, 0) is 5.41 Å². The third kappa shape index (κ3) is 4.81. The average Bonchev–Trinajstić information content (AvgIpc) is 3.65. The standard InChI is InChI=1S/C49H35N3/c1-49(2)42-28-37(33-17-9-4-10-18-33)23-25-38(42)39-30-47-41(29-43(39)49)40-27-36(32-15-7-3-8-16-32)24-26-46(40)52(47)48-50-44(34-19-11-5-12-20-34)31-45(51-48)35-21-13-6-14-22-35/h3-31H,1-2H3. The van der Waals surface area contributed by atoms with Gasteiger partial charge in [-0.3, -0.25) is 4.57 Å². The van der Waals surface area contributed by atoms with Crippen LogP contribution in [0.15, 0.2) is 176 Å². The summed E-state index contributed by atoms with van der Waals surface area (Å²) in [6.07, 6.45) is 0. The van der Waals surface area contributed by atoms with Crippen molar-refractivity contribution in [2.24, 2.45) is 0 Å². The van der Waals surface area contributed by atoms with Gasteiger partial charge in [0.1, 0.15) is 0 Å². The topological polar surface area (TPSA) is 30.7 Å². The summed E-state index contributed by atoms with van der Waals surface area (Å²) in [6, 6.07) is 62.9. The minimum atomic E-state index is -0.181. The van der Waals surface area contributed by atoms with Crippen molar-refractivity contribution in [1.29, 1.82) is 0 Å². The quantitative estimate of drug-likeness (QED) is 0.183. The minimum absolute atomic E-state index is 0.181. The Morgan fingerprint density at radius 2 is 0.865 bits per heavy atom. The molecule has 0 saturated heterocycles. The Balaban J connectivity index is 1.26. The summed E-state index contributed by atoms with van der Waals surface area (Å²) in [4.78, 5) is 10.6. The van der Waals surface area contributed by atoms with Crippen LogP contribution in [-0.4, -0.2) is 14.5 Å². The van der Waals surface area contributed by atoms with Crippen molar-refractivity contribution in [2.45, 2.75) is 19.3 Å². The molecule has 52 heavy (non-hydrogen) atoms. The molecule has 0 fully saturated rings. The molecule has 0 unspecified atom stereocenters. The normalized spacial score (nSPS) is 13.0. The van der Waals surface area contributed by atoms with Crippen LogP contribution < -0.4 is 0 Å². The van der Waals surface area contributed by atoms with E-state index in [1.165, 1.54) is 55.3 Å². The van der Waals surface area contributed by atoms with E-state index >= 15 is 0 Å². The first-order chi connectivity index (χ1) is 25.5. The van der Waals surface area contributed by atoms with E-state index in [1.54, 1.807) is 0 Å². The maximum atomic E-state index is 5.32. The molecule has 246 valence electrons. The van der Waals surface area contributed by atoms with E-state index in [2.05, 4.69) is 182 Å². The summed E-state index contributed by atoms with van der Waals surface area (Å²) in [7, 11) is 0. The molecule has 0 aliphatic heterocycles. The van der Waals surface area contributed by atoms with Crippen molar-refractivity contribution in [3.8, 4) is 61.8 Å². The van der Waals surface area contributed by atoms with E-state index in [1.807, 2.05) is 12.1 Å². The molecule has 9 aromatic rings. The van der Waals surface area contributed by atoms with Crippen LogP contribution in [0.2, 0.25) is 0 Å². The van der Waals surface area contributed by atoms with Crippen molar-refractivity contribution >= 4 is 21.8 Å². The first-order valence-electron chi connectivity index (χ1n) is 17.9. The summed E-state index contributed by atoms with van der Waals surface area (Å²) in [5, 5.41) is 2.39. The van der Waals surface area contributed by atoms with E-state index in [0.717, 1.165) is 33.5 Å². The van der Waals surface area contributed by atoms with Crippen molar-refractivity contribution in [3.63, 3.8) is 0 Å². The van der Waals surface area contributed by atoms with Gasteiger partial charge in [-0.1, -0.05) is 153 Å². The lowest BCUT2D eigenvalue weighted by atomic mass is 9.81. The molecule has 0 spiro atoms. The van der Waals surface area contributed by atoms with E-state index in [0.29, 0.717) is 5.95 Å². The lowest BCUT2D eigenvalue weighted by Crippen LogP contribution is -2.15. The Morgan fingerprint density at radius 1 is 0.385 bits per heavy atom. The Bertz CT molecular complexity index is 2720. The number of nitrogens with zero attached hydrogens (tertiary/aromatic N) is 3. The summed E-state index contributed by atoms with van der Waals surface area (Å²) < 4.78 is 2.28. The van der Waals surface area contributed by atoms with Gasteiger partial charge in [0.15, 0.2) is 0 Å². The van der Waals surface area contributed by atoms with E-state index in [4.69, 9.17) is 9.97 Å². The predicted molar refractivity (Wildman–Crippen MR) is 216 cm³/mol. The van der Waals surface area contributed by atoms with Crippen molar-refractivity contribution in [1.82, 2.24) is 14.5 Å². The number of rotatable bonds is 5. The third-order valence-corrected chi connectivity index (χ3v) is 10.8. The molecule has 0 amide bonds. The highest BCUT2D eigenvalue weighted by Gasteiger charge is 2.37. The first kappa shape index (κ1) is 30.3. The lowest BCUT2D eigenvalue weighted by molar-refractivity contribution is 0.661. The van der Waals surface area contributed by atoms with E-state index < -0.39 is 0 Å². The van der Waals surface area contributed by atoms with Gasteiger partial charge in [-0.15, -0.1) is 0 Å². The second kappa shape index (κ2) is 11.8. The molecule has 0 bridgehead atoms. The highest BCUT2D eigenvalue weighted by molar-refractivity contribution is 6.12. The van der Waals surface area contributed by atoms with Gasteiger partial charge in [0.25, 0.3) is 0 Å². The summed E-state index contributed by atoms with van der Waals surface area (Å²) in [6.45, 7) is 4.73. The first-order valence-corrected chi connectivity index (χ1v) is 17.9. The van der Waals surface area contributed by atoms with Gasteiger partial charge in [0.2, 0.25) is 5.95 Å². The lowest BCUT2D eigenvalue weighted by Gasteiger charge is -2.22. The molecule has 1 aliphatic rings. The third-order valence-electron chi connectivity index (χ3n) is 10.8. The van der Waals surface area contributed by atoms with Gasteiger partial charge in [-0.25, -0.2) is 9.97 Å². The van der Waals surface area contributed by atoms with Gasteiger partial charge in [0, 0.05) is 27.3 Å². The molecule has 0 saturated carbocycles. The molecule has 0 atom stereocenters. The Labute approximate surface area is 303 Å². The van der Waals surface area contributed by atoms with Crippen LogP contribution in [0.1, 0.15) is 25.0 Å². The second-order valence-electron chi connectivity index (χ2n) is 14.3. The average molecular weight is 666 g/mol. The van der Waals surface area contributed by atoms with E-state index in [9.17, 15) is 0 Å². The van der Waals surface area contributed by atoms with Gasteiger partial charge < -0.3 is 0 Å². The molecule has 2 aromatic heterocycles. The molecule has 3 nitrogen and oxygen atoms in total. The SMILES string of the molecule is CC1(C)c2cc(-c3ccccc3)ccc2-c2cc3c(cc21)c1cc(-c2ccccc2)ccc1n3-c1nc(-c2ccccc2)cc(-c2ccccc2)n1. The summed E-state index contributed by atoms with van der Waals surface area (Å²) in [5.41, 5.74) is 16.0. The van der Waals surface area contributed by atoms with Crippen LogP contribution in [0, 0.1) is 0 Å². The van der Waals surface area contributed by atoms with E-state index in [-0.39, 0.29) is 5.41 Å². The van der Waals surface area contributed by atoms with Crippen LogP contribution in [0.4, 0.5) is 0 Å². The molecule has 1 aliphatic carbocycles. The molecule has 2 heterocycles. The predicted octanol–water partition coefficient (Wildman–Crippen LogP) is 12.5. The smallest absolute Gasteiger partial charge is 0.235 e. The minimum Gasteiger partial charge on any atom is -0.278 e.